The Labute approximate surface area is 135 Å². The van der Waals surface area contributed by atoms with Crippen molar-refractivity contribution in [3.63, 3.8) is 0 Å². The third-order valence-electron chi connectivity index (χ3n) is 2.95. The van der Waals surface area contributed by atoms with Gasteiger partial charge in [-0.15, -0.1) is 0 Å². The summed E-state index contributed by atoms with van der Waals surface area (Å²) in [6, 6.07) is 7.31. The van der Waals surface area contributed by atoms with Gasteiger partial charge in [0.1, 0.15) is 18.5 Å². The Morgan fingerprint density at radius 1 is 1.33 bits per heavy atom. The molecule has 0 saturated heterocycles. The molecule has 2 rings (SSSR count). The van der Waals surface area contributed by atoms with Crippen molar-refractivity contribution < 1.29 is 27.8 Å². The molecule has 0 aliphatic heterocycles. The smallest absolute Gasteiger partial charge is 0.435 e. The highest BCUT2D eigenvalue weighted by Gasteiger charge is 2.33. The normalized spacial score (nSPS) is 12.7. The number of hydrogen-bond acceptors (Lipinski definition) is 4. The van der Waals surface area contributed by atoms with Gasteiger partial charge in [-0.05, 0) is 30.3 Å². The van der Waals surface area contributed by atoms with Crippen molar-refractivity contribution in [1.29, 1.82) is 0 Å². The Balaban J connectivity index is 1.83. The van der Waals surface area contributed by atoms with E-state index in [0.29, 0.717) is 11.4 Å². The molecule has 0 aliphatic rings. The SMILES string of the molecule is CC(=O)Nc1ccc(OC[C@H](O)Cn2ccc(C(F)(F)F)n2)cc1. The number of nitrogens with one attached hydrogen (secondary N) is 1. The van der Waals surface area contributed by atoms with Crippen LogP contribution >= 0.6 is 0 Å². The predicted molar refractivity (Wildman–Crippen MR) is 79.5 cm³/mol. The van der Waals surface area contributed by atoms with Crippen LogP contribution in [0.15, 0.2) is 36.5 Å². The van der Waals surface area contributed by atoms with E-state index in [4.69, 9.17) is 4.74 Å². The second-order valence-corrected chi connectivity index (χ2v) is 5.09. The zero-order valence-electron chi connectivity index (χ0n) is 12.7. The van der Waals surface area contributed by atoms with E-state index in [2.05, 4.69) is 10.4 Å². The van der Waals surface area contributed by atoms with E-state index < -0.39 is 18.0 Å². The van der Waals surface area contributed by atoms with Gasteiger partial charge in [0, 0.05) is 18.8 Å². The molecular formula is C15H16F3N3O3. The van der Waals surface area contributed by atoms with Gasteiger partial charge < -0.3 is 15.2 Å². The summed E-state index contributed by atoms with van der Waals surface area (Å²) in [5.41, 5.74) is -0.407. The molecular weight excluding hydrogens is 327 g/mol. The molecule has 0 fully saturated rings. The van der Waals surface area contributed by atoms with E-state index in [1.807, 2.05) is 0 Å². The summed E-state index contributed by atoms with van der Waals surface area (Å²) in [5.74, 6) is 0.260. The summed E-state index contributed by atoms with van der Waals surface area (Å²) in [6.07, 6.45) is -4.39. The Morgan fingerprint density at radius 2 is 2.00 bits per heavy atom. The molecule has 0 unspecified atom stereocenters. The summed E-state index contributed by atoms with van der Waals surface area (Å²) in [4.78, 5) is 10.9. The van der Waals surface area contributed by atoms with Crippen LogP contribution in [0.2, 0.25) is 0 Å². The molecule has 1 aromatic carbocycles. The van der Waals surface area contributed by atoms with E-state index in [1.54, 1.807) is 24.3 Å². The topological polar surface area (TPSA) is 76.4 Å². The van der Waals surface area contributed by atoms with E-state index in [1.165, 1.54) is 6.92 Å². The molecule has 1 amide bonds. The molecule has 24 heavy (non-hydrogen) atoms. The van der Waals surface area contributed by atoms with Gasteiger partial charge in [0.25, 0.3) is 0 Å². The number of nitrogens with zero attached hydrogens (tertiary/aromatic N) is 2. The number of aromatic nitrogens is 2. The van der Waals surface area contributed by atoms with Gasteiger partial charge in [-0.2, -0.15) is 18.3 Å². The fourth-order valence-electron chi connectivity index (χ4n) is 1.91. The molecule has 1 heterocycles. The lowest BCUT2D eigenvalue weighted by atomic mass is 10.3. The predicted octanol–water partition coefficient (Wildman–Crippen LogP) is 2.30. The number of carbonyl (C=O) groups is 1. The Morgan fingerprint density at radius 3 is 2.54 bits per heavy atom. The summed E-state index contributed by atoms with van der Waals surface area (Å²) in [7, 11) is 0. The summed E-state index contributed by atoms with van der Waals surface area (Å²) < 4.78 is 43.7. The maximum absolute atomic E-state index is 12.4. The second-order valence-electron chi connectivity index (χ2n) is 5.09. The van der Waals surface area contributed by atoms with E-state index in [9.17, 15) is 23.1 Å². The maximum atomic E-state index is 12.4. The van der Waals surface area contributed by atoms with E-state index in [-0.39, 0.29) is 19.1 Å². The molecule has 0 spiro atoms. The van der Waals surface area contributed by atoms with Crippen molar-refractivity contribution in [3.05, 3.63) is 42.2 Å². The van der Waals surface area contributed by atoms with Crippen LogP contribution < -0.4 is 10.1 Å². The average molecular weight is 343 g/mol. The summed E-state index contributed by atoms with van der Waals surface area (Å²) in [5, 5.41) is 15.8. The molecule has 0 saturated carbocycles. The third kappa shape index (κ3) is 5.27. The number of rotatable bonds is 6. The van der Waals surface area contributed by atoms with Crippen LogP contribution in [0.5, 0.6) is 5.75 Å². The number of aliphatic hydroxyl groups is 1. The van der Waals surface area contributed by atoms with Gasteiger partial charge in [-0.25, -0.2) is 0 Å². The molecule has 1 atom stereocenters. The van der Waals surface area contributed by atoms with Crippen molar-refractivity contribution in [2.75, 3.05) is 11.9 Å². The fraction of sp³-hybridized carbons (Fsp3) is 0.333. The lowest BCUT2D eigenvalue weighted by molar-refractivity contribution is -0.141. The van der Waals surface area contributed by atoms with Crippen LogP contribution in [-0.4, -0.2) is 33.5 Å². The summed E-state index contributed by atoms with van der Waals surface area (Å²) >= 11 is 0. The van der Waals surface area contributed by atoms with Crippen molar-refractivity contribution in [3.8, 4) is 5.75 Å². The van der Waals surface area contributed by atoms with Gasteiger partial charge in [0.2, 0.25) is 5.91 Å². The molecule has 2 N–H and O–H groups in total. The minimum atomic E-state index is -4.51. The zero-order valence-corrected chi connectivity index (χ0v) is 12.7. The first kappa shape index (κ1) is 17.8. The van der Waals surface area contributed by atoms with Crippen molar-refractivity contribution in [1.82, 2.24) is 9.78 Å². The lowest BCUT2D eigenvalue weighted by Gasteiger charge is -2.13. The molecule has 2 aromatic rings. The second kappa shape index (κ2) is 7.35. The summed E-state index contributed by atoms with van der Waals surface area (Å²) in [6.45, 7) is 1.15. The number of alkyl halides is 3. The standard InChI is InChI=1S/C15H16F3N3O3/c1-10(22)19-11-2-4-13(5-3-11)24-9-12(23)8-21-7-6-14(20-21)15(16,17)18/h2-7,12,23H,8-9H2,1H3,(H,19,22)/t12-/m1/s1. The highest BCUT2D eigenvalue weighted by Crippen LogP contribution is 2.27. The van der Waals surface area contributed by atoms with Crippen LogP contribution in [0.3, 0.4) is 0 Å². The number of amides is 1. The fourth-order valence-corrected chi connectivity index (χ4v) is 1.91. The van der Waals surface area contributed by atoms with Crippen molar-refractivity contribution in [2.45, 2.75) is 25.7 Å². The largest absolute Gasteiger partial charge is 0.491 e. The molecule has 9 heteroatoms. The molecule has 1 aromatic heterocycles. The zero-order chi connectivity index (χ0) is 17.7. The molecule has 0 radical (unpaired) electrons. The molecule has 130 valence electrons. The van der Waals surface area contributed by atoms with Crippen LogP contribution in [0.1, 0.15) is 12.6 Å². The van der Waals surface area contributed by atoms with Crippen molar-refractivity contribution in [2.24, 2.45) is 0 Å². The Kier molecular flexibility index (Phi) is 5.45. The first-order valence-electron chi connectivity index (χ1n) is 7.03. The molecule has 0 aliphatic carbocycles. The number of anilines is 1. The Bertz CT molecular complexity index is 683. The van der Waals surface area contributed by atoms with Gasteiger partial charge >= 0.3 is 6.18 Å². The third-order valence-corrected chi connectivity index (χ3v) is 2.95. The number of benzene rings is 1. The van der Waals surface area contributed by atoms with E-state index in [0.717, 1.165) is 16.9 Å². The highest BCUT2D eigenvalue weighted by molar-refractivity contribution is 5.88. The highest BCUT2D eigenvalue weighted by atomic mass is 19.4. The van der Waals surface area contributed by atoms with Crippen LogP contribution in [0, 0.1) is 0 Å². The molecule has 0 bridgehead atoms. The number of hydrogen-bond donors (Lipinski definition) is 2. The minimum Gasteiger partial charge on any atom is -0.491 e. The minimum absolute atomic E-state index is 0.110. The van der Waals surface area contributed by atoms with Gasteiger partial charge in [-0.3, -0.25) is 9.48 Å². The number of ether oxygens (including phenoxy) is 1. The van der Waals surface area contributed by atoms with Gasteiger partial charge in [0.15, 0.2) is 5.69 Å². The van der Waals surface area contributed by atoms with Crippen LogP contribution in [0.4, 0.5) is 18.9 Å². The van der Waals surface area contributed by atoms with Crippen molar-refractivity contribution >= 4 is 11.6 Å². The van der Waals surface area contributed by atoms with Crippen LogP contribution in [0.25, 0.3) is 0 Å². The van der Waals surface area contributed by atoms with Gasteiger partial charge in [-0.1, -0.05) is 0 Å². The van der Waals surface area contributed by atoms with Gasteiger partial charge in [0.05, 0.1) is 6.54 Å². The maximum Gasteiger partial charge on any atom is 0.435 e. The quantitative estimate of drug-likeness (QED) is 0.844. The number of carbonyl (C=O) groups excluding carboxylic acids is 1. The molecule has 6 nitrogen and oxygen atoms in total. The van der Waals surface area contributed by atoms with Crippen LogP contribution in [-0.2, 0) is 17.5 Å². The first-order valence-corrected chi connectivity index (χ1v) is 7.03. The Hall–Kier alpha value is -2.55. The number of aliphatic hydroxyl groups excluding tert-OH is 1. The van der Waals surface area contributed by atoms with E-state index >= 15 is 0 Å². The monoisotopic (exact) mass is 343 g/mol. The first-order chi connectivity index (χ1) is 11.2. The average Bonchev–Trinajstić information content (AvgIpc) is 2.94. The lowest BCUT2D eigenvalue weighted by Crippen LogP contribution is -2.24. The number of halogens is 3.